The highest BCUT2D eigenvalue weighted by Crippen LogP contribution is 2.31. The van der Waals surface area contributed by atoms with Crippen LogP contribution in [0.5, 0.6) is 0 Å². The summed E-state index contributed by atoms with van der Waals surface area (Å²) in [6.45, 7) is 4.03. The fourth-order valence-electron chi connectivity index (χ4n) is 3.03. The summed E-state index contributed by atoms with van der Waals surface area (Å²) < 4.78 is 5.44. The first-order valence-electron chi connectivity index (χ1n) is 7.53. The number of nitrogen functional groups attached to an aromatic ring is 1. The molecular formula is C17H18N4O. The van der Waals surface area contributed by atoms with Crippen molar-refractivity contribution in [2.75, 3.05) is 43.5 Å². The van der Waals surface area contributed by atoms with Gasteiger partial charge in [-0.3, -0.25) is 4.99 Å². The van der Waals surface area contributed by atoms with E-state index in [1.54, 1.807) is 0 Å². The maximum absolute atomic E-state index is 6.03. The molecule has 0 aliphatic carbocycles. The summed E-state index contributed by atoms with van der Waals surface area (Å²) in [5.74, 6) is 0.558. The molecule has 2 aliphatic rings. The van der Waals surface area contributed by atoms with Crippen molar-refractivity contribution in [1.82, 2.24) is 4.98 Å². The van der Waals surface area contributed by atoms with E-state index in [4.69, 9.17) is 10.5 Å². The molecule has 0 atom stereocenters. The second kappa shape index (κ2) is 5.42. The number of fused-ring (bicyclic) bond motifs is 1. The monoisotopic (exact) mass is 294 g/mol. The van der Waals surface area contributed by atoms with Crippen molar-refractivity contribution in [3.63, 3.8) is 0 Å². The zero-order valence-electron chi connectivity index (χ0n) is 12.3. The second-order valence-electron chi connectivity index (χ2n) is 5.58. The fourth-order valence-corrected chi connectivity index (χ4v) is 3.03. The molecule has 22 heavy (non-hydrogen) atoms. The highest BCUT2D eigenvalue weighted by atomic mass is 16.5. The summed E-state index contributed by atoms with van der Waals surface area (Å²) in [6.07, 6.45) is 3.90. The normalized spacial score (nSPS) is 18.0. The molecule has 3 heterocycles. The molecule has 5 nitrogen and oxygen atoms in total. The number of aromatic nitrogens is 1. The Hall–Kier alpha value is -2.40. The van der Waals surface area contributed by atoms with Crippen LogP contribution in [0.3, 0.4) is 0 Å². The fraction of sp³-hybridized carbons (Fsp3) is 0.294. The second-order valence-corrected chi connectivity index (χ2v) is 5.58. The van der Waals surface area contributed by atoms with Crippen molar-refractivity contribution in [3.05, 3.63) is 35.9 Å². The van der Waals surface area contributed by atoms with E-state index in [0.29, 0.717) is 5.82 Å². The SMILES string of the molecule is Nc1cc(N2CCOCC2)c2ccc(C3=CC=NC3)cc2n1. The van der Waals surface area contributed by atoms with Gasteiger partial charge in [-0.1, -0.05) is 12.1 Å². The highest BCUT2D eigenvalue weighted by Gasteiger charge is 2.16. The Morgan fingerprint density at radius 2 is 2.00 bits per heavy atom. The Kier molecular flexibility index (Phi) is 3.27. The van der Waals surface area contributed by atoms with Gasteiger partial charge in [0.25, 0.3) is 0 Å². The van der Waals surface area contributed by atoms with Crippen molar-refractivity contribution in [1.29, 1.82) is 0 Å². The molecule has 1 aromatic carbocycles. The highest BCUT2D eigenvalue weighted by molar-refractivity contribution is 5.97. The van der Waals surface area contributed by atoms with E-state index in [2.05, 4.69) is 39.2 Å². The molecule has 4 rings (SSSR count). The lowest BCUT2D eigenvalue weighted by Crippen LogP contribution is -2.36. The molecular weight excluding hydrogens is 276 g/mol. The van der Waals surface area contributed by atoms with Gasteiger partial charge in [0, 0.05) is 36.4 Å². The van der Waals surface area contributed by atoms with Crippen LogP contribution >= 0.6 is 0 Å². The lowest BCUT2D eigenvalue weighted by molar-refractivity contribution is 0.123. The molecule has 112 valence electrons. The van der Waals surface area contributed by atoms with Gasteiger partial charge in [0.05, 0.1) is 25.3 Å². The average molecular weight is 294 g/mol. The number of aliphatic imine (C=N–C) groups is 1. The van der Waals surface area contributed by atoms with Gasteiger partial charge < -0.3 is 15.4 Å². The number of rotatable bonds is 2. The minimum absolute atomic E-state index is 0.558. The zero-order chi connectivity index (χ0) is 14.9. The first-order valence-corrected chi connectivity index (χ1v) is 7.53. The molecule has 0 radical (unpaired) electrons. The van der Waals surface area contributed by atoms with Crippen LogP contribution in [0.4, 0.5) is 11.5 Å². The molecule has 2 aromatic rings. The van der Waals surface area contributed by atoms with E-state index in [-0.39, 0.29) is 0 Å². The Morgan fingerprint density at radius 3 is 2.77 bits per heavy atom. The average Bonchev–Trinajstić information content (AvgIpc) is 3.09. The molecule has 5 heteroatoms. The number of ether oxygens (including phenoxy) is 1. The molecule has 1 fully saturated rings. The summed E-state index contributed by atoms with van der Waals surface area (Å²) in [7, 11) is 0. The smallest absolute Gasteiger partial charge is 0.126 e. The van der Waals surface area contributed by atoms with Gasteiger partial charge in [-0.2, -0.15) is 0 Å². The Morgan fingerprint density at radius 1 is 1.14 bits per heavy atom. The zero-order valence-corrected chi connectivity index (χ0v) is 12.3. The van der Waals surface area contributed by atoms with Gasteiger partial charge in [-0.15, -0.1) is 0 Å². The Balaban J connectivity index is 1.80. The third-order valence-electron chi connectivity index (χ3n) is 4.17. The van der Waals surface area contributed by atoms with Gasteiger partial charge in [-0.25, -0.2) is 4.98 Å². The number of benzene rings is 1. The number of pyridine rings is 1. The molecule has 1 saturated heterocycles. The van der Waals surface area contributed by atoms with Crippen molar-refractivity contribution in [2.24, 2.45) is 4.99 Å². The quantitative estimate of drug-likeness (QED) is 0.921. The standard InChI is InChI=1S/C17H18N4O/c18-17-10-16(21-5-7-22-8-6-21)14-2-1-12(9-15(14)20-17)13-3-4-19-11-13/h1-4,9-10H,5-8,11H2,(H2,18,20). The maximum Gasteiger partial charge on any atom is 0.126 e. The summed E-state index contributed by atoms with van der Waals surface area (Å²) in [5.41, 5.74) is 10.5. The van der Waals surface area contributed by atoms with E-state index >= 15 is 0 Å². The molecule has 0 spiro atoms. The molecule has 0 amide bonds. The molecule has 0 unspecified atom stereocenters. The molecule has 2 N–H and O–H groups in total. The lowest BCUT2D eigenvalue weighted by atomic mass is 10.0. The minimum atomic E-state index is 0.558. The number of nitrogens with zero attached hydrogens (tertiary/aromatic N) is 3. The summed E-state index contributed by atoms with van der Waals surface area (Å²) in [4.78, 5) is 11.1. The predicted molar refractivity (Wildman–Crippen MR) is 90.5 cm³/mol. The van der Waals surface area contributed by atoms with Crippen LogP contribution in [0.15, 0.2) is 35.3 Å². The topological polar surface area (TPSA) is 63.7 Å². The van der Waals surface area contributed by atoms with Crippen LogP contribution in [0.25, 0.3) is 16.5 Å². The van der Waals surface area contributed by atoms with Crippen LogP contribution in [-0.4, -0.2) is 44.0 Å². The maximum atomic E-state index is 6.03. The summed E-state index contributed by atoms with van der Waals surface area (Å²) >= 11 is 0. The summed E-state index contributed by atoms with van der Waals surface area (Å²) in [6, 6.07) is 8.35. The van der Waals surface area contributed by atoms with Gasteiger partial charge in [0.15, 0.2) is 0 Å². The third kappa shape index (κ3) is 2.33. The lowest BCUT2D eigenvalue weighted by Gasteiger charge is -2.30. The van der Waals surface area contributed by atoms with E-state index in [1.807, 2.05) is 12.3 Å². The predicted octanol–water partition coefficient (Wildman–Crippen LogP) is 2.12. The number of hydrogen-bond donors (Lipinski definition) is 1. The van der Waals surface area contributed by atoms with Gasteiger partial charge >= 0.3 is 0 Å². The number of nitrogens with two attached hydrogens (primary N) is 1. The number of anilines is 2. The van der Waals surface area contributed by atoms with E-state index in [9.17, 15) is 0 Å². The van der Waals surface area contributed by atoms with Crippen molar-refractivity contribution < 1.29 is 4.74 Å². The van der Waals surface area contributed by atoms with Crippen LogP contribution in [-0.2, 0) is 4.74 Å². The van der Waals surface area contributed by atoms with Crippen molar-refractivity contribution in [3.8, 4) is 0 Å². The number of morpholine rings is 1. The summed E-state index contributed by atoms with van der Waals surface area (Å²) in [5, 5.41) is 1.14. The molecule has 0 bridgehead atoms. The van der Waals surface area contributed by atoms with Crippen LogP contribution in [0, 0.1) is 0 Å². The molecule has 2 aliphatic heterocycles. The van der Waals surface area contributed by atoms with Crippen LogP contribution in [0.2, 0.25) is 0 Å². The Labute approximate surface area is 129 Å². The molecule has 0 saturated carbocycles. The molecule has 1 aromatic heterocycles. The van der Waals surface area contributed by atoms with Crippen molar-refractivity contribution >= 4 is 34.2 Å². The van der Waals surface area contributed by atoms with Gasteiger partial charge in [0.2, 0.25) is 0 Å². The first-order chi connectivity index (χ1) is 10.8. The number of hydrogen-bond acceptors (Lipinski definition) is 5. The van der Waals surface area contributed by atoms with Crippen LogP contribution in [0.1, 0.15) is 5.56 Å². The Bertz CT molecular complexity index is 776. The van der Waals surface area contributed by atoms with Crippen molar-refractivity contribution in [2.45, 2.75) is 0 Å². The van der Waals surface area contributed by atoms with Gasteiger partial charge in [-0.05, 0) is 23.3 Å². The largest absolute Gasteiger partial charge is 0.384 e. The minimum Gasteiger partial charge on any atom is -0.384 e. The van der Waals surface area contributed by atoms with E-state index in [0.717, 1.165) is 55.0 Å². The first kappa shape index (κ1) is 13.3. The third-order valence-corrected chi connectivity index (χ3v) is 4.17. The number of allylic oxidation sites excluding steroid dienone is 1. The van der Waals surface area contributed by atoms with Gasteiger partial charge in [0.1, 0.15) is 5.82 Å². The van der Waals surface area contributed by atoms with E-state index in [1.165, 1.54) is 5.57 Å². The van der Waals surface area contributed by atoms with E-state index < -0.39 is 0 Å². The van der Waals surface area contributed by atoms with Crippen LogP contribution < -0.4 is 10.6 Å².